The summed E-state index contributed by atoms with van der Waals surface area (Å²) >= 11 is 0. The van der Waals surface area contributed by atoms with Gasteiger partial charge in [-0.15, -0.1) is 0 Å². The smallest absolute Gasteiger partial charge is 0.403 e. The predicted octanol–water partition coefficient (Wildman–Crippen LogP) is 4.46. The highest BCUT2D eigenvalue weighted by molar-refractivity contribution is 6.61. The Kier molecular flexibility index (Phi) is 6.21. The van der Waals surface area contributed by atoms with Crippen LogP contribution in [0.15, 0.2) is 91.5 Å². The van der Waals surface area contributed by atoms with Crippen molar-refractivity contribution in [2.75, 3.05) is 0 Å². The van der Waals surface area contributed by atoms with Gasteiger partial charge in [0.05, 0.1) is 13.2 Å². The van der Waals surface area contributed by atoms with E-state index in [9.17, 15) is 0 Å². The summed E-state index contributed by atoms with van der Waals surface area (Å²) in [6, 6.07) is 28.3. The molecule has 0 spiro atoms. The van der Waals surface area contributed by atoms with Crippen molar-refractivity contribution >= 4 is 18.7 Å². The van der Waals surface area contributed by atoms with Crippen LogP contribution in [0.3, 0.4) is 0 Å². The SMILES string of the molecule is C=Cc1ccc(B(OCc2ccccc2)OCc2ccccc2)cc1. The molecule has 0 saturated heterocycles. The summed E-state index contributed by atoms with van der Waals surface area (Å²) in [7, 11) is -0.417. The molecule has 0 atom stereocenters. The van der Waals surface area contributed by atoms with E-state index in [1.54, 1.807) is 0 Å². The average Bonchev–Trinajstić information content (AvgIpc) is 2.70. The minimum Gasteiger partial charge on any atom is -0.403 e. The first-order valence-electron chi connectivity index (χ1n) is 8.38. The third kappa shape index (κ3) is 5.18. The van der Waals surface area contributed by atoms with Crippen LogP contribution >= 0.6 is 0 Å². The van der Waals surface area contributed by atoms with E-state index < -0.39 is 7.12 Å². The van der Waals surface area contributed by atoms with Crippen molar-refractivity contribution in [3.63, 3.8) is 0 Å². The maximum atomic E-state index is 6.06. The number of hydrogen-bond donors (Lipinski definition) is 0. The molecular weight excluding hydrogens is 307 g/mol. The van der Waals surface area contributed by atoms with E-state index in [1.165, 1.54) is 0 Å². The molecule has 0 aromatic heterocycles. The molecule has 0 bridgehead atoms. The Labute approximate surface area is 149 Å². The van der Waals surface area contributed by atoms with Gasteiger partial charge in [-0.25, -0.2) is 0 Å². The molecule has 3 heteroatoms. The zero-order chi connectivity index (χ0) is 17.3. The third-order valence-corrected chi connectivity index (χ3v) is 3.93. The molecule has 0 aliphatic rings. The van der Waals surface area contributed by atoms with Crippen LogP contribution in [0.2, 0.25) is 0 Å². The molecule has 0 amide bonds. The van der Waals surface area contributed by atoms with Gasteiger partial charge >= 0.3 is 7.12 Å². The molecule has 25 heavy (non-hydrogen) atoms. The molecule has 3 aromatic rings. The van der Waals surface area contributed by atoms with E-state index in [4.69, 9.17) is 9.31 Å². The minimum atomic E-state index is -0.417. The van der Waals surface area contributed by atoms with Crippen LogP contribution in [0.25, 0.3) is 6.08 Å². The molecule has 0 fully saturated rings. The second-order valence-corrected chi connectivity index (χ2v) is 5.80. The molecule has 0 radical (unpaired) electrons. The topological polar surface area (TPSA) is 18.5 Å². The molecular formula is C22H21BO2. The van der Waals surface area contributed by atoms with E-state index in [-0.39, 0.29) is 0 Å². The van der Waals surface area contributed by atoms with Crippen LogP contribution in [-0.4, -0.2) is 7.12 Å². The molecule has 0 saturated carbocycles. The van der Waals surface area contributed by atoms with Gasteiger partial charge in [0.25, 0.3) is 0 Å². The number of benzene rings is 3. The molecule has 0 aliphatic heterocycles. The van der Waals surface area contributed by atoms with Crippen LogP contribution in [0.1, 0.15) is 16.7 Å². The van der Waals surface area contributed by atoms with E-state index in [1.807, 2.05) is 66.7 Å². The fraction of sp³-hybridized carbons (Fsp3) is 0.0909. The van der Waals surface area contributed by atoms with Crippen molar-refractivity contribution in [1.29, 1.82) is 0 Å². The minimum absolute atomic E-state index is 0.417. The van der Waals surface area contributed by atoms with Gasteiger partial charge in [0.2, 0.25) is 0 Å². The van der Waals surface area contributed by atoms with E-state index in [2.05, 4.69) is 30.8 Å². The highest BCUT2D eigenvalue weighted by atomic mass is 16.6. The summed E-state index contributed by atoms with van der Waals surface area (Å²) < 4.78 is 12.1. The van der Waals surface area contributed by atoms with Gasteiger partial charge in [0.1, 0.15) is 0 Å². The molecule has 0 N–H and O–H groups in total. The molecule has 0 aliphatic carbocycles. The van der Waals surface area contributed by atoms with E-state index in [0.29, 0.717) is 13.2 Å². The summed E-state index contributed by atoms with van der Waals surface area (Å²) in [4.78, 5) is 0. The maximum absolute atomic E-state index is 6.06. The Morgan fingerprint density at radius 2 is 1.16 bits per heavy atom. The normalized spacial score (nSPS) is 10.4. The summed E-state index contributed by atoms with van der Waals surface area (Å²) in [6.45, 7) is 4.80. The van der Waals surface area contributed by atoms with Gasteiger partial charge in [-0.3, -0.25) is 0 Å². The molecule has 124 valence electrons. The van der Waals surface area contributed by atoms with Crippen molar-refractivity contribution in [3.05, 3.63) is 108 Å². The van der Waals surface area contributed by atoms with Gasteiger partial charge < -0.3 is 9.31 Å². The summed E-state index contributed by atoms with van der Waals surface area (Å²) in [5.74, 6) is 0. The van der Waals surface area contributed by atoms with Crippen LogP contribution in [0.5, 0.6) is 0 Å². The van der Waals surface area contributed by atoms with Crippen molar-refractivity contribution in [2.45, 2.75) is 13.2 Å². The molecule has 3 aromatic carbocycles. The fourth-order valence-corrected chi connectivity index (χ4v) is 2.52. The van der Waals surface area contributed by atoms with E-state index >= 15 is 0 Å². The van der Waals surface area contributed by atoms with Gasteiger partial charge in [-0.05, 0) is 22.2 Å². The van der Waals surface area contributed by atoms with Gasteiger partial charge in [-0.1, -0.05) is 97.6 Å². The van der Waals surface area contributed by atoms with Crippen molar-refractivity contribution in [3.8, 4) is 0 Å². The lowest BCUT2D eigenvalue weighted by Gasteiger charge is -2.16. The maximum Gasteiger partial charge on any atom is 0.494 e. The Morgan fingerprint density at radius 1 is 0.680 bits per heavy atom. The average molecular weight is 328 g/mol. The summed E-state index contributed by atoms with van der Waals surface area (Å²) in [6.07, 6.45) is 1.83. The number of hydrogen-bond acceptors (Lipinski definition) is 2. The van der Waals surface area contributed by atoms with Crippen molar-refractivity contribution in [1.82, 2.24) is 0 Å². The lowest BCUT2D eigenvalue weighted by atomic mass is 9.78. The van der Waals surface area contributed by atoms with E-state index in [0.717, 1.165) is 22.2 Å². The molecule has 2 nitrogen and oxygen atoms in total. The predicted molar refractivity (Wildman–Crippen MR) is 104 cm³/mol. The Bertz CT molecular complexity index is 727. The third-order valence-electron chi connectivity index (χ3n) is 3.93. The van der Waals surface area contributed by atoms with Crippen LogP contribution in [0, 0.1) is 0 Å². The Hall–Kier alpha value is -2.62. The largest absolute Gasteiger partial charge is 0.494 e. The first-order valence-corrected chi connectivity index (χ1v) is 8.38. The standard InChI is InChI=1S/C22H21BO2/c1-2-19-13-15-22(16-14-19)23(24-17-20-9-5-3-6-10-20)25-18-21-11-7-4-8-12-21/h2-16H,1,17-18H2. The van der Waals surface area contributed by atoms with Gasteiger partial charge in [0, 0.05) is 0 Å². The summed E-state index contributed by atoms with van der Waals surface area (Å²) in [5.41, 5.74) is 4.32. The van der Waals surface area contributed by atoms with Gasteiger partial charge in [-0.2, -0.15) is 0 Å². The highest BCUT2D eigenvalue weighted by Crippen LogP contribution is 2.08. The van der Waals surface area contributed by atoms with Crippen LogP contribution < -0.4 is 5.46 Å². The van der Waals surface area contributed by atoms with Crippen molar-refractivity contribution in [2.24, 2.45) is 0 Å². The Balaban J connectivity index is 1.71. The molecule has 3 rings (SSSR count). The van der Waals surface area contributed by atoms with Crippen molar-refractivity contribution < 1.29 is 9.31 Å². The lowest BCUT2D eigenvalue weighted by Crippen LogP contribution is -2.36. The second-order valence-electron chi connectivity index (χ2n) is 5.80. The molecule has 0 heterocycles. The first-order chi connectivity index (χ1) is 12.3. The fourth-order valence-electron chi connectivity index (χ4n) is 2.52. The summed E-state index contributed by atoms with van der Waals surface area (Å²) in [5, 5.41) is 0. The first kappa shape index (κ1) is 17.2. The van der Waals surface area contributed by atoms with Gasteiger partial charge in [0.15, 0.2) is 0 Å². The number of rotatable bonds is 8. The van der Waals surface area contributed by atoms with Crippen LogP contribution in [0.4, 0.5) is 0 Å². The molecule has 0 unspecified atom stereocenters. The Morgan fingerprint density at radius 3 is 1.60 bits per heavy atom. The second kappa shape index (κ2) is 9.02. The quantitative estimate of drug-likeness (QED) is 0.569. The van der Waals surface area contributed by atoms with Crippen LogP contribution in [-0.2, 0) is 22.5 Å². The highest BCUT2D eigenvalue weighted by Gasteiger charge is 2.21. The zero-order valence-corrected chi connectivity index (χ0v) is 14.2. The lowest BCUT2D eigenvalue weighted by molar-refractivity contribution is 0.192. The monoisotopic (exact) mass is 328 g/mol. The zero-order valence-electron chi connectivity index (χ0n) is 14.2.